The molecule has 10 nitrogen and oxygen atoms in total. The molecule has 0 aliphatic carbocycles. The topological polar surface area (TPSA) is 130 Å². The molecular formula is C24H32N4O6S. The summed E-state index contributed by atoms with van der Waals surface area (Å²) >= 11 is 0. The minimum atomic E-state index is -3.97. The maximum absolute atomic E-state index is 13.5. The van der Waals surface area contributed by atoms with E-state index in [-0.39, 0.29) is 29.7 Å². The van der Waals surface area contributed by atoms with Gasteiger partial charge in [0.05, 0.1) is 16.9 Å². The van der Waals surface area contributed by atoms with Crippen molar-refractivity contribution in [1.29, 1.82) is 0 Å². The Bertz CT molecular complexity index is 1180. The van der Waals surface area contributed by atoms with Gasteiger partial charge in [-0.2, -0.15) is 0 Å². The Kier molecular flexibility index (Phi) is 9.35. The number of carbonyl (C=O) groups excluding carboxylic acids is 2. The van der Waals surface area contributed by atoms with Gasteiger partial charge in [0.2, 0.25) is 21.8 Å². The van der Waals surface area contributed by atoms with Crippen molar-refractivity contribution in [2.24, 2.45) is 5.92 Å². The Labute approximate surface area is 206 Å². The van der Waals surface area contributed by atoms with Gasteiger partial charge in [0.25, 0.3) is 5.69 Å². The molecule has 0 bridgehead atoms. The van der Waals surface area contributed by atoms with Crippen molar-refractivity contribution in [2.75, 3.05) is 23.7 Å². The van der Waals surface area contributed by atoms with Crippen LogP contribution in [0.1, 0.15) is 31.9 Å². The van der Waals surface area contributed by atoms with Crippen molar-refractivity contribution in [1.82, 2.24) is 10.2 Å². The number of nitrogens with zero attached hydrogens (tertiary/aromatic N) is 3. The highest BCUT2D eigenvalue weighted by atomic mass is 32.2. The fraction of sp³-hybridized carbons (Fsp3) is 0.417. The summed E-state index contributed by atoms with van der Waals surface area (Å²) in [5.41, 5.74) is 1.41. The van der Waals surface area contributed by atoms with Gasteiger partial charge in [0, 0.05) is 25.2 Å². The van der Waals surface area contributed by atoms with Crippen LogP contribution in [0.4, 0.5) is 11.4 Å². The lowest BCUT2D eigenvalue weighted by molar-refractivity contribution is -0.384. The molecule has 0 fully saturated rings. The SMILES string of the molecule is Cc1ccccc1CN(C(=O)CN(c1cccc([N+](=O)[O-])c1)S(C)(=O)=O)[C@@H](C)C(=O)NCC(C)C. The summed E-state index contributed by atoms with van der Waals surface area (Å²) in [5.74, 6) is -0.763. The first kappa shape index (κ1) is 27.8. The maximum atomic E-state index is 13.5. The largest absolute Gasteiger partial charge is 0.354 e. The van der Waals surface area contributed by atoms with Crippen molar-refractivity contribution in [2.45, 2.75) is 40.3 Å². The van der Waals surface area contributed by atoms with Crippen LogP contribution in [0.25, 0.3) is 0 Å². The summed E-state index contributed by atoms with van der Waals surface area (Å²) in [6.45, 7) is 7.27. The Hall–Kier alpha value is -3.47. The van der Waals surface area contributed by atoms with Crippen LogP contribution in [0, 0.1) is 23.0 Å². The van der Waals surface area contributed by atoms with Crippen LogP contribution in [-0.4, -0.2) is 55.4 Å². The summed E-state index contributed by atoms with van der Waals surface area (Å²) in [7, 11) is -3.97. The van der Waals surface area contributed by atoms with Gasteiger partial charge in [-0.15, -0.1) is 0 Å². The summed E-state index contributed by atoms with van der Waals surface area (Å²) < 4.78 is 26.0. The lowest BCUT2D eigenvalue weighted by Gasteiger charge is -2.32. The van der Waals surface area contributed by atoms with Gasteiger partial charge < -0.3 is 10.2 Å². The molecule has 0 saturated carbocycles. The molecule has 0 saturated heterocycles. The van der Waals surface area contributed by atoms with Crippen molar-refractivity contribution >= 4 is 33.2 Å². The third-order valence-corrected chi connectivity index (χ3v) is 6.60. The van der Waals surface area contributed by atoms with Crippen LogP contribution in [-0.2, 0) is 26.2 Å². The Morgan fingerprint density at radius 1 is 1.09 bits per heavy atom. The molecule has 0 aliphatic rings. The lowest BCUT2D eigenvalue weighted by Crippen LogP contribution is -2.51. The van der Waals surface area contributed by atoms with E-state index in [1.54, 1.807) is 6.92 Å². The van der Waals surface area contributed by atoms with E-state index in [0.717, 1.165) is 27.8 Å². The first-order valence-corrected chi connectivity index (χ1v) is 13.0. The highest BCUT2D eigenvalue weighted by molar-refractivity contribution is 7.92. The van der Waals surface area contributed by atoms with E-state index >= 15 is 0 Å². The van der Waals surface area contributed by atoms with Crippen LogP contribution >= 0.6 is 0 Å². The molecular weight excluding hydrogens is 472 g/mol. The predicted molar refractivity (Wildman–Crippen MR) is 134 cm³/mol. The predicted octanol–water partition coefficient (Wildman–Crippen LogP) is 2.86. The number of nitrogens with one attached hydrogen (secondary N) is 1. The number of anilines is 1. The molecule has 2 amide bonds. The second kappa shape index (κ2) is 11.8. The monoisotopic (exact) mass is 504 g/mol. The van der Waals surface area contributed by atoms with Gasteiger partial charge >= 0.3 is 0 Å². The highest BCUT2D eigenvalue weighted by Gasteiger charge is 2.30. The zero-order chi connectivity index (χ0) is 26.3. The van der Waals surface area contributed by atoms with E-state index < -0.39 is 33.4 Å². The third kappa shape index (κ3) is 7.78. The fourth-order valence-electron chi connectivity index (χ4n) is 3.38. The zero-order valence-corrected chi connectivity index (χ0v) is 21.4. The van der Waals surface area contributed by atoms with Crippen molar-refractivity contribution < 1.29 is 22.9 Å². The average molecular weight is 505 g/mol. The van der Waals surface area contributed by atoms with Crippen molar-refractivity contribution in [3.05, 3.63) is 69.8 Å². The summed E-state index contributed by atoms with van der Waals surface area (Å²) in [6.07, 6.45) is 0.920. The second-order valence-corrected chi connectivity index (χ2v) is 10.7. The van der Waals surface area contributed by atoms with Gasteiger partial charge in [-0.3, -0.25) is 24.0 Å². The van der Waals surface area contributed by atoms with Gasteiger partial charge in [-0.1, -0.05) is 44.2 Å². The van der Waals surface area contributed by atoms with Crippen molar-refractivity contribution in [3.8, 4) is 0 Å². The number of nitro benzene ring substituents is 1. The number of aryl methyl sites for hydroxylation is 1. The van der Waals surface area contributed by atoms with E-state index in [4.69, 9.17) is 0 Å². The zero-order valence-electron chi connectivity index (χ0n) is 20.6. The Morgan fingerprint density at radius 2 is 1.74 bits per heavy atom. The van der Waals surface area contributed by atoms with Crippen LogP contribution in [0.2, 0.25) is 0 Å². The molecule has 11 heteroatoms. The fourth-order valence-corrected chi connectivity index (χ4v) is 4.22. The molecule has 1 atom stereocenters. The number of non-ortho nitro benzene ring substituents is 1. The van der Waals surface area contributed by atoms with Gasteiger partial charge in [0.15, 0.2) is 0 Å². The normalized spacial score (nSPS) is 12.2. The molecule has 0 heterocycles. The number of nitro groups is 1. The molecule has 0 radical (unpaired) electrons. The van der Waals surface area contributed by atoms with E-state index in [1.165, 1.54) is 23.1 Å². The second-order valence-electron chi connectivity index (χ2n) is 8.81. The molecule has 190 valence electrons. The minimum Gasteiger partial charge on any atom is -0.354 e. The van der Waals surface area contributed by atoms with Crippen LogP contribution in [0.3, 0.4) is 0 Å². The van der Waals surface area contributed by atoms with E-state index in [1.807, 2.05) is 45.0 Å². The number of hydrogen-bond donors (Lipinski definition) is 1. The first-order valence-electron chi connectivity index (χ1n) is 11.1. The number of hydrogen-bond acceptors (Lipinski definition) is 6. The summed E-state index contributed by atoms with van der Waals surface area (Å²) in [6, 6.07) is 11.6. The Balaban J connectivity index is 2.42. The smallest absolute Gasteiger partial charge is 0.271 e. The number of amides is 2. The molecule has 0 aliphatic heterocycles. The third-order valence-electron chi connectivity index (χ3n) is 5.46. The van der Waals surface area contributed by atoms with Gasteiger partial charge in [0.1, 0.15) is 12.6 Å². The van der Waals surface area contributed by atoms with E-state index in [9.17, 15) is 28.1 Å². The average Bonchev–Trinajstić information content (AvgIpc) is 2.79. The standard InChI is InChI=1S/C24H32N4O6S/c1-17(2)14-25-24(30)19(4)26(15-20-10-7-6-9-18(20)3)23(29)16-27(35(5,33)34)21-11-8-12-22(13-21)28(31)32/h6-13,17,19H,14-16H2,1-5H3,(H,25,30)/t19-/m0/s1. The van der Waals surface area contributed by atoms with E-state index in [2.05, 4.69) is 5.32 Å². The van der Waals surface area contributed by atoms with Gasteiger partial charge in [-0.05, 0) is 37.0 Å². The number of sulfonamides is 1. The summed E-state index contributed by atoms with van der Waals surface area (Å²) in [4.78, 5) is 38.2. The van der Waals surface area contributed by atoms with Crippen molar-refractivity contribution in [3.63, 3.8) is 0 Å². The summed E-state index contributed by atoms with van der Waals surface area (Å²) in [5, 5.41) is 14.0. The number of rotatable bonds is 11. The first-order chi connectivity index (χ1) is 16.3. The molecule has 1 N–H and O–H groups in total. The van der Waals surface area contributed by atoms with Crippen LogP contribution in [0.15, 0.2) is 48.5 Å². The lowest BCUT2D eigenvalue weighted by atomic mass is 10.1. The molecule has 0 aromatic heterocycles. The molecule has 35 heavy (non-hydrogen) atoms. The van der Waals surface area contributed by atoms with Gasteiger partial charge in [-0.25, -0.2) is 8.42 Å². The quantitative estimate of drug-likeness (QED) is 0.370. The van der Waals surface area contributed by atoms with E-state index in [0.29, 0.717) is 6.54 Å². The molecule has 0 unspecified atom stereocenters. The minimum absolute atomic E-state index is 0.0113. The molecule has 2 aromatic carbocycles. The highest BCUT2D eigenvalue weighted by Crippen LogP contribution is 2.24. The molecule has 0 spiro atoms. The number of carbonyl (C=O) groups is 2. The number of benzene rings is 2. The Morgan fingerprint density at radius 3 is 2.31 bits per heavy atom. The van der Waals surface area contributed by atoms with Crippen LogP contribution < -0.4 is 9.62 Å². The molecule has 2 rings (SSSR count). The molecule has 2 aromatic rings. The van der Waals surface area contributed by atoms with Crippen LogP contribution in [0.5, 0.6) is 0 Å². The maximum Gasteiger partial charge on any atom is 0.271 e.